The van der Waals surface area contributed by atoms with E-state index in [4.69, 9.17) is 9.94 Å². The first kappa shape index (κ1) is 22.1. The van der Waals surface area contributed by atoms with E-state index in [2.05, 4.69) is 16.9 Å². The summed E-state index contributed by atoms with van der Waals surface area (Å²) in [5.41, 5.74) is 2.88. The molecule has 3 aromatic rings. The fourth-order valence-corrected chi connectivity index (χ4v) is 4.51. The largest absolute Gasteiger partial charge is 0.481 e. The van der Waals surface area contributed by atoms with Crippen LogP contribution >= 0.6 is 0 Å². The summed E-state index contributed by atoms with van der Waals surface area (Å²) in [4.78, 5) is 12.3. The third kappa shape index (κ3) is 4.05. The SMILES string of the molecule is CC#CCOc1ccc(S(=O)(=O)N(C)c2c(C(=O)NO)ccc3c2c(C)nn3C)cc1. The molecular weight excluding hydrogens is 420 g/mol. The number of hydroxylamine groups is 1. The zero-order valence-corrected chi connectivity index (χ0v) is 18.3. The summed E-state index contributed by atoms with van der Waals surface area (Å²) in [6, 6.07) is 9.01. The number of aryl methyl sites for hydroxylation is 2. The molecule has 0 aliphatic rings. The van der Waals surface area contributed by atoms with Crippen LogP contribution < -0.4 is 14.5 Å². The minimum atomic E-state index is -4.05. The molecule has 3 rings (SSSR count). The van der Waals surface area contributed by atoms with Crippen LogP contribution in [-0.2, 0) is 17.1 Å². The Balaban J connectivity index is 2.11. The summed E-state index contributed by atoms with van der Waals surface area (Å²) < 4.78 is 34.8. The van der Waals surface area contributed by atoms with Gasteiger partial charge in [0.25, 0.3) is 15.9 Å². The van der Waals surface area contributed by atoms with Gasteiger partial charge < -0.3 is 4.74 Å². The van der Waals surface area contributed by atoms with E-state index >= 15 is 0 Å². The standard InChI is InChI=1S/C21H22N4O5S/c1-5-6-13-30-15-7-9-16(10-8-15)31(28,29)25(4)20-17(21(26)23-27)11-12-18-19(20)14(2)22-24(18)3/h7-12,27H,13H2,1-4H3,(H,23,26). The molecule has 0 bridgehead atoms. The molecule has 31 heavy (non-hydrogen) atoms. The molecule has 1 aromatic heterocycles. The molecule has 9 nitrogen and oxygen atoms in total. The number of hydrogen-bond acceptors (Lipinski definition) is 6. The lowest BCUT2D eigenvalue weighted by Crippen LogP contribution is -2.30. The topological polar surface area (TPSA) is 114 Å². The van der Waals surface area contributed by atoms with Crippen molar-refractivity contribution in [1.29, 1.82) is 0 Å². The van der Waals surface area contributed by atoms with Gasteiger partial charge in [0.2, 0.25) is 0 Å². The van der Waals surface area contributed by atoms with Gasteiger partial charge in [-0.2, -0.15) is 5.10 Å². The Morgan fingerprint density at radius 2 is 1.94 bits per heavy atom. The number of nitrogens with one attached hydrogen (secondary N) is 1. The lowest BCUT2D eigenvalue weighted by atomic mass is 10.1. The first-order valence-corrected chi connectivity index (χ1v) is 10.7. The number of benzene rings is 2. The number of carbonyl (C=O) groups excluding carboxylic acids is 1. The molecule has 162 valence electrons. The molecule has 0 fully saturated rings. The fraction of sp³-hybridized carbons (Fsp3) is 0.238. The van der Waals surface area contributed by atoms with Crippen molar-refractivity contribution < 1.29 is 23.2 Å². The molecule has 0 aliphatic carbocycles. The second-order valence-corrected chi connectivity index (χ2v) is 8.63. The summed E-state index contributed by atoms with van der Waals surface area (Å²) in [6.45, 7) is 3.62. The number of hydrogen-bond donors (Lipinski definition) is 2. The number of nitrogens with zero attached hydrogens (tertiary/aromatic N) is 3. The molecule has 0 radical (unpaired) electrons. The van der Waals surface area contributed by atoms with Crippen LogP contribution in [0.5, 0.6) is 5.75 Å². The highest BCUT2D eigenvalue weighted by Crippen LogP contribution is 2.35. The number of fused-ring (bicyclic) bond motifs is 1. The van der Waals surface area contributed by atoms with Gasteiger partial charge >= 0.3 is 0 Å². The van der Waals surface area contributed by atoms with Crippen LogP contribution in [0.1, 0.15) is 23.0 Å². The molecule has 0 saturated heterocycles. The van der Waals surface area contributed by atoms with Crippen LogP contribution in [0.15, 0.2) is 41.3 Å². The Morgan fingerprint density at radius 1 is 1.26 bits per heavy atom. The molecule has 1 amide bonds. The maximum Gasteiger partial charge on any atom is 0.276 e. The number of carbonyl (C=O) groups is 1. The lowest BCUT2D eigenvalue weighted by molar-refractivity contribution is 0.0707. The number of sulfonamides is 1. The number of ether oxygens (including phenoxy) is 1. The van der Waals surface area contributed by atoms with Gasteiger partial charge in [-0.15, -0.1) is 5.92 Å². The summed E-state index contributed by atoms with van der Waals surface area (Å²) in [6.07, 6.45) is 0. The molecule has 10 heteroatoms. The Hall–Kier alpha value is -3.55. The molecule has 2 aromatic carbocycles. The van der Waals surface area contributed by atoms with E-state index in [1.807, 2.05) is 0 Å². The molecule has 0 unspecified atom stereocenters. The molecule has 0 atom stereocenters. The second kappa shape index (κ2) is 8.67. The van der Waals surface area contributed by atoms with Crippen LogP contribution in [0.25, 0.3) is 10.9 Å². The molecule has 1 heterocycles. The van der Waals surface area contributed by atoms with Crippen molar-refractivity contribution in [2.45, 2.75) is 18.7 Å². The fourth-order valence-electron chi connectivity index (χ4n) is 3.28. The monoisotopic (exact) mass is 442 g/mol. The van der Waals surface area contributed by atoms with E-state index in [-0.39, 0.29) is 22.8 Å². The average Bonchev–Trinajstić information content (AvgIpc) is 3.06. The zero-order valence-electron chi connectivity index (χ0n) is 17.5. The van der Waals surface area contributed by atoms with E-state index in [0.717, 1.165) is 4.31 Å². The van der Waals surface area contributed by atoms with Crippen molar-refractivity contribution in [2.75, 3.05) is 18.0 Å². The van der Waals surface area contributed by atoms with Gasteiger partial charge in [-0.25, -0.2) is 13.9 Å². The van der Waals surface area contributed by atoms with E-state index in [1.165, 1.54) is 37.4 Å². The van der Waals surface area contributed by atoms with Gasteiger partial charge in [-0.1, -0.05) is 5.92 Å². The average molecular weight is 442 g/mol. The minimum Gasteiger partial charge on any atom is -0.481 e. The second-order valence-electron chi connectivity index (χ2n) is 6.67. The third-order valence-electron chi connectivity index (χ3n) is 4.80. The lowest BCUT2D eigenvalue weighted by Gasteiger charge is -2.23. The van der Waals surface area contributed by atoms with E-state index in [1.54, 1.807) is 37.1 Å². The molecule has 2 N–H and O–H groups in total. The molecule has 0 spiro atoms. The highest BCUT2D eigenvalue weighted by atomic mass is 32.2. The van der Waals surface area contributed by atoms with Crippen LogP contribution in [0.4, 0.5) is 5.69 Å². The van der Waals surface area contributed by atoms with Crippen LogP contribution in [-0.4, -0.2) is 43.0 Å². The summed E-state index contributed by atoms with van der Waals surface area (Å²) in [5, 5.41) is 14.0. The number of rotatable bonds is 6. The van der Waals surface area contributed by atoms with Crippen molar-refractivity contribution in [3.05, 3.63) is 47.7 Å². The summed E-state index contributed by atoms with van der Waals surface area (Å²) in [5.74, 6) is 5.13. The molecule has 0 saturated carbocycles. The van der Waals surface area contributed by atoms with Crippen LogP contribution in [0.2, 0.25) is 0 Å². The number of amides is 1. The van der Waals surface area contributed by atoms with Gasteiger partial charge in [0.1, 0.15) is 12.4 Å². The van der Waals surface area contributed by atoms with Crippen molar-refractivity contribution in [3.63, 3.8) is 0 Å². The van der Waals surface area contributed by atoms with Gasteiger partial charge in [-0.05, 0) is 50.2 Å². The van der Waals surface area contributed by atoms with Crippen molar-refractivity contribution in [1.82, 2.24) is 15.3 Å². The number of aromatic nitrogens is 2. The van der Waals surface area contributed by atoms with Crippen molar-refractivity contribution >= 4 is 32.5 Å². The minimum absolute atomic E-state index is 0.00438. The maximum atomic E-state index is 13.4. The predicted octanol–water partition coefficient (Wildman–Crippen LogP) is 2.23. The van der Waals surface area contributed by atoms with Gasteiger partial charge in [-0.3, -0.25) is 19.0 Å². The highest BCUT2D eigenvalue weighted by molar-refractivity contribution is 7.92. The summed E-state index contributed by atoms with van der Waals surface area (Å²) in [7, 11) is -0.970. The Labute approximate surface area is 180 Å². The third-order valence-corrected chi connectivity index (χ3v) is 6.57. The van der Waals surface area contributed by atoms with E-state index in [0.29, 0.717) is 22.3 Å². The first-order chi connectivity index (χ1) is 14.7. The van der Waals surface area contributed by atoms with E-state index < -0.39 is 15.9 Å². The first-order valence-electron chi connectivity index (χ1n) is 9.24. The zero-order chi connectivity index (χ0) is 22.8. The maximum absolute atomic E-state index is 13.4. The van der Waals surface area contributed by atoms with Gasteiger partial charge in [0.05, 0.1) is 27.4 Å². The smallest absolute Gasteiger partial charge is 0.276 e. The molecule has 0 aliphatic heterocycles. The Kier molecular flexibility index (Phi) is 6.19. The number of anilines is 1. The Morgan fingerprint density at radius 3 is 2.55 bits per heavy atom. The Bertz CT molecular complexity index is 1300. The van der Waals surface area contributed by atoms with Crippen molar-refractivity contribution in [3.8, 4) is 17.6 Å². The van der Waals surface area contributed by atoms with Crippen LogP contribution in [0.3, 0.4) is 0 Å². The van der Waals surface area contributed by atoms with Gasteiger partial charge in [0, 0.05) is 19.5 Å². The van der Waals surface area contributed by atoms with Crippen LogP contribution in [0, 0.1) is 18.8 Å². The van der Waals surface area contributed by atoms with Gasteiger partial charge in [0.15, 0.2) is 0 Å². The van der Waals surface area contributed by atoms with E-state index in [9.17, 15) is 13.2 Å². The highest BCUT2D eigenvalue weighted by Gasteiger charge is 2.29. The van der Waals surface area contributed by atoms with Crippen molar-refractivity contribution in [2.24, 2.45) is 7.05 Å². The quantitative estimate of drug-likeness (QED) is 0.344. The summed E-state index contributed by atoms with van der Waals surface area (Å²) >= 11 is 0. The molecular formula is C21H22N4O5S. The predicted molar refractivity (Wildman–Crippen MR) is 116 cm³/mol. The normalized spacial score (nSPS) is 11.0.